The Morgan fingerprint density at radius 2 is 2.03 bits per heavy atom. The van der Waals surface area contributed by atoms with E-state index < -0.39 is 9.84 Å². The summed E-state index contributed by atoms with van der Waals surface area (Å²) < 4.78 is 25.5. The Morgan fingerprint density at radius 1 is 1.32 bits per heavy atom. The number of rotatable bonds is 9. The first kappa shape index (κ1) is 23.2. The molecule has 1 saturated heterocycles. The second kappa shape index (κ2) is 9.78. The summed E-state index contributed by atoms with van der Waals surface area (Å²) in [5.41, 5.74) is 1.49. The first-order chi connectivity index (χ1) is 14.7. The molecule has 0 bridgehead atoms. The van der Waals surface area contributed by atoms with Gasteiger partial charge in [0.25, 0.3) is 0 Å². The zero-order valence-corrected chi connectivity index (χ0v) is 19.2. The van der Waals surface area contributed by atoms with Crippen molar-refractivity contribution in [2.24, 2.45) is 0 Å². The lowest BCUT2D eigenvalue weighted by atomic mass is 10.0. The molecule has 8 nitrogen and oxygen atoms in total. The molecule has 2 atom stereocenters. The van der Waals surface area contributed by atoms with Crippen molar-refractivity contribution >= 4 is 33.3 Å². The average Bonchev–Trinajstić information content (AvgIpc) is 3.28. The number of carbonyl (C=O) groups excluding carboxylic acids is 2. The van der Waals surface area contributed by atoms with E-state index in [0.29, 0.717) is 29.5 Å². The van der Waals surface area contributed by atoms with Gasteiger partial charge in [-0.05, 0) is 18.9 Å². The van der Waals surface area contributed by atoms with E-state index in [1.807, 2.05) is 23.6 Å². The monoisotopic (exact) mass is 462 g/mol. The van der Waals surface area contributed by atoms with Crippen molar-refractivity contribution in [1.29, 1.82) is 0 Å². The van der Waals surface area contributed by atoms with E-state index in [2.05, 4.69) is 22.1 Å². The van der Waals surface area contributed by atoms with Crippen molar-refractivity contribution in [3.63, 3.8) is 0 Å². The number of hydrogen-bond acceptors (Lipinski definition) is 7. The molecular formula is C21H26N4O4S2. The fourth-order valence-corrected chi connectivity index (χ4v) is 6.16. The fourth-order valence-electron chi connectivity index (χ4n) is 3.57. The smallest absolute Gasteiger partial charge is 0.217 e. The van der Waals surface area contributed by atoms with Gasteiger partial charge in [0.15, 0.2) is 20.8 Å². The summed E-state index contributed by atoms with van der Waals surface area (Å²) in [6, 6.07) is 7.03. The van der Waals surface area contributed by atoms with Crippen molar-refractivity contribution in [3.8, 4) is 0 Å². The molecule has 3 rings (SSSR count). The summed E-state index contributed by atoms with van der Waals surface area (Å²) in [5, 5.41) is 11.8. The molecule has 31 heavy (non-hydrogen) atoms. The van der Waals surface area contributed by atoms with Crippen LogP contribution in [0.3, 0.4) is 0 Å². The molecule has 2 unspecified atom stereocenters. The number of benzene rings is 1. The average molecular weight is 463 g/mol. The van der Waals surface area contributed by atoms with Crippen LogP contribution >= 0.6 is 11.8 Å². The largest absolute Gasteiger partial charge is 0.350 e. The molecular weight excluding hydrogens is 436 g/mol. The molecule has 1 amide bonds. The van der Waals surface area contributed by atoms with E-state index in [1.54, 1.807) is 18.2 Å². The highest BCUT2D eigenvalue weighted by molar-refractivity contribution is 7.99. The van der Waals surface area contributed by atoms with Gasteiger partial charge in [0.2, 0.25) is 5.91 Å². The number of allylic oxidation sites excluding steroid dienone is 1. The van der Waals surface area contributed by atoms with Gasteiger partial charge in [0.1, 0.15) is 5.82 Å². The van der Waals surface area contributed by atoms with Crippen LogP contribution in [0.15, 0.2) is 42.1 Å². The number of ketones is 1. The minimum Gasteiger partial charge on any atom is -0.350 e. The molecule has 0 radical (unpaired) electrons. The fraction of sp³-hybridized carbons (Fsp3) is 0.429. The Labute approximate surface area is 186 Å². The molecule has 1 aromatic heterocycles. The molecule has 166 valence electrons. The molecule has 1 aliphatic rings. The van der Waals surface area contributed by atoms with Crippen LogP contribution in [0, 0.1) is 0 Å². The van der Waals surface area contributed by atoms with Gasteiger partial charge in [-0.1, -0.05) is 42.1 Å². The summed E-state index contributed by atoms with van der Waals surface area (Å²) >= 11 is 1.27. The van der Waals surface area contributed by atoms with Crippen LogP contribution < -0.4 is 5.32 Å². The highest BCUT2D eigenvalue weighted by Gasteiger charge is 2.33. The van der Waals surface area contributed by atoms with E-state index in [9.17, 15) is 18.0 Å². The molecule has 0 saturated carbocycles. The molecule has 0 spiro atoms. The van der Waals surface area contributed by atoms with Gasteiger partial charge in [-0.15, -0.1) is 16.8 Å². The molecule has 1 fully saturated rings. The molecule has 1 N–H and O–H groups in total. The predicted octanol–water partition coefficient (Wildman–Crippen LogP) is 2.54. The Bertz CT molecular complexity index is 1080. The van der Waals surface area contributed by atoms with Crippen molar-refractivity contribution < 1.29 is 18.0 Å². The number of nitrogens with zero attached hydrogens (tertiary/aromatic N) is 3. The Hall–Kier alpha value is -2.46. The number of aromatic nitrogens is 3. The zero-order chi connectivity index (χ0) is 22.6. The Balaban J connectivity index is 1.67. The van der Waals surface area contributed by atoms with E-state index in [-0.39, 0.29) is 40.9 Å². The SMILES string of the molecule is C=CCn1c(SCC(=O)c2ccc(C(C)NC(C)=O)cc2)nnc1C1CCS(=O)(=O)C1. The number of Topliss-reactive ketones (excluding diaryl/α,β-unsaturated/α-hetero) is 1. The normalized spacial score (nSPS) is 18.5. The van der Waals surface area contributed by atoms with Gasteiger partial charge in [-0.2, -0.15) is 0 Å². The van der Waals surface area contributed by atoms with Crippen molar-refractivity contribution in [2.75, 3.05) is 17.3 Å². The molecule has 2 heterocycles. The lowest BCUT2D eigenvalue weighted by molar-refractivity contribution is -0.119. The van der Waals surface area contributed by atoms with Crippen LogP contribution in [-0.4, -0.2) is 52.1 Å². The van der Waals surface area contributed by atoms with Crippen LogP contribution in [-0.2, 0) is 21.2 Å². The number of thioether (sulfide) groups is 1. The van der Waals surface area contributed by atoms with Gasteiger partial charge in [-0.3, -0.25) is 9.59 Å². The van der Waals surface area contributed by atoms with Gasteiger partial charge in [0.05, 0.1) is 23.3 Å². The molecule has 2 aromatic rings. The molecule has 10 heteroatoms. The van der Waals surface area contributed by atoms with Crippen LogP contribution in [0.1, 0.15) is 54.0 Å². The number of hydrogen-bond donors (Lipinski definition) is 1. The number of carbonyl (C=O) groups is 2. The second-order valence-electron chi connectivity index (χ2n) is 7.60. The van der Waals surface area contributed by atoms with Gasteiger partial charge in [-0.25, -0.2) is 8.42 Å². The number of nitrogens with one attached hydrogen (secondary N) is 1. The van der Waals surface area contributed by atoms with Crippen LogP contribution in [0.25, 0.3) is 0 Å². The minimum absolute atomic E-state index is 0.0538. The van der Waals surface area contributed by atoms with Crippen LogP contribution in [0.5, 0.6) is 0 Å². The van der Waals surface area contributed by atoms with Crippen molar-refractivity contribution in [2.45, 2.75) is 43.9 Å². The van der Waals surface area contributed by atoms with E-state index in [1.165, 1.54) is 18.7 Å². The lowest BCUT2D eigenvalue weighted by Gasteiger charge is -2.13. The Morgan fingerprint density at radius 3 is 2.61 bits per heavy atom. The summed E-state index contributed by atoms with van der Waals surface area (Å²) in [6.45, 7) is 7.56. The van der Waals surface area contributed by atoms with Gasteiger partial charge in [0, 0.05) is 24.9 Å². The maximum Gasteiger partial charge on any atom is 0.217 e. The van der Waals surface area contributed by atoms with E-state index in [0.717, 1.165) is 5.56 Å². The second-order valence-corrected chi connectivity index (χ2v) is 10.8. The van der Waals surface area contributed by atoms with Gasteiger partial charge < -0.3 is 9.88 Å². The first-order valence-corrected chi connectivity index (χ1v) is 12.8. The summed E-state index contributed by atoms with van der Waals surface area (Å²) in [4.78, 5) is 23.8. The predicted molar refractivity (Wildman–Crippen MR) is 120 cm³/mol. The quantitative estimate of drug-likeness (QED) is 0.346. The standard InChI is InChI=1S/C21H26N4O4S2/c1-4-10-25-20(18-9-11-31(28,29)13-18)23-24-21(25)30-12-19(27)17-7-5-16(6-8-17)14(2)22-15(3)26/h4-8,14,18H,1,9-13H2,2-3H3,(H,22,26). The van der Waals surface area contributed by atoms with Crippen LogP contribution in [0.2, 0.25) is 0 Å². The topological polar surface area (TPSA) is 111 Å². The van der Waals surface area contributed by atoms with E-state index >= 15 is 0 Å². The van der Waals surface area contributed by atoms with Crippen molar-refractivity contribution in [1.82, 2.24) is 20.1 Å². The summed E-state index contributed by atoms with van der Waals surface area (Å²) in [6.07, 6.45) is 2.24. The third kappa shape index (κ3) is 5.82. The maximum atomic E-state index is 12.6. The van der Waals surface area contributed by atoms with Gasteiger partial charge >= 0.3 is 0 Å². The maximum absolute atomic E-state index is 12.6. The third-order valence-electron chi connectivity index (χ3n) is 5.14. The molecule has 0 aliphatic carbocycles. The van der Waals surface area contributed by atoms with Crippen LogP contribution in [0.4, 0.5) is 0 Å². The highest BCUT2D eigenvalue weighted by Crippen LogP contribution is 2.30. The third-order valence-corrected chi connectivity index (χ3v) is 7.87. The minimum atomic E-state index is -3.04. The zero-order valence-electron chi connectivity index (χ0n) is 17.6. The number of sulfone groups is 1. The lowest BCUT2D eigenvalue weighted by Crippen LogP contribution is -2.23. The molecule has 1 aliphatic heterocycles. The summed E-state index contributed by atoms with van der Waals surface area (Å²) in [7, 11) is -3.04. The van der Waals surface area contributed by atoms with Crippen molar-refractivity contribution in [3.05, 3.63) is 53.9 Å². The first-order valence-electron chi connectivity index (χ1n) is 9.97. The molecule has 1 aromatic carbocycles. The van der Waals surface area contributed by atoms with E-state index in [4.69, 9.17) is 0 Å². The Kier molecular flexibility index (Phi) is 7.32. The number of amides is 1. The summed E-state index contributed by atoms with van der Waals surface area (Å²) in [5.74, 6) is 0.710. The highest BCUT2D eigenvalue weighted by atomic mass is 32.2.